The number of carbonyl (C=O) groups excluding carboxylic acids is 4. The lowest BCUT2D eigenvalue weighted by Gasteiger charge is -2.24. The minimum absolute atomic E-state index is 0. The molecule has 12 rings (SSSR count). The van der Waals surface area contributed by atoms with Crippen LogP contribution < -0.4 is 21.7 Å². The van der Waals surface area contributed by atoms with Crippen molar-refractivity contribution < 1.29 is 38.6 Å². The van der Waals surface area contributed by atoms with Gasteiger partial charge < -0.3 is 46.1 Å². The van der Waals surface area contributed by atoms with Crippen LogP contribution in [-0.4, -0.2) is 95.3 Å². The summed E-state index contributed by atoms with van der Waals surface area (Å²) >= 11 is 0. The van der Waals surface area contributed by atoms with E-state index >= 15 is 0 Å². The Hall–Kier alpha value is -9.53. The van der Waals surface area contributed by atoms with E-state index in [2.05, 4.69) is 52.3 Å². The lowest BCUT2D eigenvalue weighted by Crippen LogP contribution is -2.36. The molecule has 6 N–H and O–H groups in total. The first-order valence-corrected chi connectivity index (χ1v) is 29.6. The molecule has 14 heteroatoms. The van der Waals surface area contributed by atoms with Crippen LogP contribution in [0.25, 0.3) is 32.3 Å². The second-order valence-corrected chi connectivity index (χ2v) is 24.2. The van der Waals surface area contributed by atoms with Crippen LogP contribution in [0.15, 0.2) is 218 Å². The number of carboxylic acid groups (broad SMARTS) is 1. The molecule has 6 atom stereocenters. The summed E-state index contributed by atoms with van der Waals surface area (Å²) in [5.41, 5.74) is 10.3. The molecule has 9 aromatic carbocycles. The van der Waals surface area contributed by atoms with Crippen LogP contribution in [0.2, 0.25) is 0 Å². The van der Waals surface area contributed by atoms with Gasteiger partial charge in [-0.2, -0.15) is 0 Å². The van der Waals surface area contributed by atoms with Gasteiger partial charge >= 0.3 is 18.2 Å². The van der Waals surface area contributed by atoms with E-state index in [1.807, 2.05) is 203 Å². The predicted octanol–water partition coefficient (Wildman–Crippen LogP) is 15.6. The summed E-state index contributed by atoms with van der Waals surface area (Å²) in [6, 6.07) is 71.7. The summed E-state index contributed by atoms with van der Waals surface area (Å²) < 4.78 is 10.9. The average molecular weight is 1200 g/mol. The Labute approximate surface area is 524 Å². The maximum atomic E-state index is 13.4. The van der Waals surface area contributed by atoms with Crippen LogP contribution in [0, 0.1) is 17.8 Å². The fourth-order valence-corrected chi connectivity index (χ4v) is 11.5. The zero-order valence-electron chi connectivity index (χ0n) is 50.3. The van der Waals surface area contributed by atoms with Crippen LogP contribution in [0.5, 0.6) is 0 Å². The Morgan fingerprint density at radius 2 is 0.775 bits per heavy atom. The molecule has 3 heterocycles. The van der Waals surface area contributed by atoms with E-state index in [0.717, 1.165) is 68.2 Å². The number of hydrogen-bond donors (Lipinski definition) is 5. The molecule has 3 saturated heterocycles. The average Bonchev–Trinajstić information content (AvgIpc) is 2.17. The molecule has 0 unspecified atom stereocenters. The van der Waals surface area contributed by atoms with Gasteiger partial charge in [-0.05, 0) is 92.6 Å². The van der Waals surface area contributed by atoms with Gasteiger partial charge in [0.05, 0.1) is 17.8 Å². The molecule has 464 valence electrons. The molecule has 3 fully saturated rings. The monoisotopic (exact) mass is 1200 g/mol. The molecule has 89 heavy (non-hydrogen) atoms. The second kappa shape index (κ2) is 30.4. The highest BCUT2D eigenvalue weighted by Gasteiger charge is 2.43. The quantitative estimate of drug-likeness (QED) is 0.0915. The van der Waals surface area contributed by atoms with Crippen LogP contribution in [-0.2, 0) is 23.9 Å². The van der Waals surface area contributed by atoms with E-state index in [1.54, 1.807) is 25.7 Å². The largest absolute Gasteiger partial charge is 0.481 e. The van der Waals surface area contributed by atoms with Gasteiger partial charge in [0.1, 0.15) is 11.2 Å². The number of amides is 4. The first kappa shape index (κ1) is 67.0. The number of carbonyl (C=O) groups is 5. The van der Waals surface area contributed by atoms with E-state index in [-0.39, 0.29) is 68.9 Å². The number of hydrogen-bond acceptors (Lipinski definition) is 9. The fourth-order valence-electron chi connectivity index (χ4n) is 11.5. The Morgan fingerprint density at radius 1 is 0.427 bits per heavy atom. The number of nitrogens with one attached hydrogen (secondary N) is 3. The molecule has 0 radical (unpaired) electrons. The first-order valence-electron chi connectivity index (χ1n) is 29.6. The molecule has 0 spiro atoms. The van der Waals surface area contributed by atoms with Crippen molar-refractivity contribution in [3.05, 3.63) is 235 Å². The molecular formula is C75H86N6O8. The molecule has 9 aromatic rings. The molecule has 3 aliphatic heterocycles. The van der Waals surface area contributed by atoms with Gasteiger partial charge in [0.25, 0.3) is 0 Å². The minimum atomic E-state index is -0.880. The SMILES string of the molecule is C.C.CC(C)(C)OC(=O)N1C[C@@H](C(=O)Nc2cccc3ccccc23)[C@H](c2ccccc2)C1.CC(C)(C)OC(=O)N1C[C@@H](C(=O)O)[C@H](c2ccccc2)C1.Nc1cccc2ccccc12.O=C(Nc1cccc2ccccc12)[C@@H]1CNC[C@H]1c1ccccc1. The lowest BCUT2D eigenvalue weighted by molar-refractivity contribution is -0.141. The molecule has 14 nitrogen and oxygen atoms in total. The molecule has 0 saturated carbocycles. The number of nitrogen functional groups attached to an aromatic ring is 1. The fraction of sp³-hybridized carbons (Fsp3) is 0.293. The highest BCUT2D eigenvalue weighted by atomic mass is 16.6. The maximum Gasteiger partial charge on any atom is 0.410 e. The summed E-state index contributed by atoms with van der Waals surface area (Å²) in [4.78, 5) is 65.7. The number of nitrogens with zero attached hydrogens (tertiary/aromatic N) is 2. The van der Waals surface area contributed by atoms with E-state index in [0.29, 0.717) is 19.6 Å². The van der Waals surface area contributed by atoms with Crippen molar-refractivity contribution in [1.29, 1.82) is 0 Å². The number of carboxylic acids is 1. The van der Waals surface area contributed by atoms with Crippen molar-refractivity contribution in [2.45, 2.75) is 85.4 Å². The van der Waals surface area contributed by atoms with Gasteiger partial charge in [-0.25, -0.2) is 9.59 Å². The Morgan fingerprint density at radius 3 is 1.20 bits per heavy atom. The summed E-state index contributed by atoms with van der Waals surface area (Å²) in [5, 5.41) is 25.6. The highest BCUT2D eigenvalue weighted by Crippen LogP contribution is 2.37. The number of anilines is 3. The Kier molecular flexibility index (Phi) is 22.9. The number of rotatable bonds is 8. The topological polar surface area (TPSA) is 193 Å². The zero-order chi connectivity index (χ0) is 61.7. The molecule has 0 bridgehead atoms. The maximum absolute atomic E-state index is 13.4. The highest BCUT2D eigenvalue weighted by molar-refractivity contribution is 6.04. The smallest absolute Gasteiger partial charge is 0.410 e. The van der Waals surface area contributed by atoms with E-state index < -0.39 is 29.2 Å². The number of aliphatic carboxylic acids is 1. The molecule has 3 aliphatic rings. The third kappa shape index (κ3) is 17.6. The standard InChI is InChI=1S/C26H28N2O3.C21H20N2O.C16H21NO4.C10H9N.2CH4/c1-26(2,3)31-25(30)28-16-21(19-10-5-4-6-11-19)22(17-28)24(29)27-23-15-9-13-18-12-7-8-14-20(18)23;24-21(19-14-22-13-18(19)16-7-2-1-3-8-16)23-20-12-6-10-15-9-4-5-11-17(15)20;1-16(2,3)21-15(20)17-9-12(13(10-17)14(18)19)11-7-5-4-6-8-11;11-10-7-3-5-8-4-1-2-6-9(8)10;;/h4-15,21-22H,16-17H2,1-3H3,(H,27,29);1-12,18-19,22H,13-14H2,(H,23,24);4-8,12-13H,9-10H2,1-3H3,(H,18,19);1-7H,11H2;2*1H4/t21-,22+;18-,19+;12-,13+;;;/m000.../s1. The van der Waals surface area contributed by atoms with Crippen molar-refractivity contribution in [3.8, 4) is 0 Å². The summed E-state index contributed by atoms with van der Waals surface area (Å²) in [5.74, 6) is -1.96. The third-order valence-electron chi connectivity index (χ3n) is 15.7. The number of nitrogens with two attached hydrogens (primary N) is 1. The molecule has 4 amide bonds. The summed E-state index contributed by atoms with van der Waals surface area (Å²) in [6.45, 7) is 13.8. The van der Waals surface area contributed by atoms with Gasteiger partial charge in [0.2, 0.25) is 11.8 Å². The van der Waals surface area contributed by atoms with Crippen molar-refractivity contribution in [3.63, 3.8) is 0 Å². The lowest BCUT2D eigenvalue weighted by atomic mass is 9.88. The Bertz CT molecular complexity index is 3800. The first-order chi connectivity index (χ1) is 41.8. The summed E-state index contributed by atoms with van der Waals surface area (Å²) in [6.07, 6.45) is -0.832. The molecular weight excluding hydrogens is 1110 g/mol. The zero-order valence-corrected chi connectivity index (χ0v) is 50.3. The number of likely N-dealkylation sites (tertiary alicyclic amines) is 2. The van der Waals surface area contributed by atoms with Gasteiger partial charge in [0.15, 0.2) is 0 Å². The van der Waals surface area contributed by atoms with Crippen LogP contribution >= 0.6 is 0 Å². The van der Waals surface area contributed by atoms with Crippen molar-refractivity contribution >= 4 is 79.3 Å². The number of fused-ring (bicyclic) bond motifs is 3. The van der Waals surface area contributed by atoms with Gasteiger partial charge in [-0.1, -0.05) is 215 Å². The van der Waals surface area contributed by atoms with Gasteiger partial charge in [-0.15, -0.1) is 0 Å². The van der Waals surface area contributed by atoms with Gasteiger partial charge in [-0.3, -0.25) is 14.4 Å². The van der Waals surface area contributed by atoms with Crippen LogP contribution in [0.3, 0.4) is 0 Å². The Balaban J connectivity index is 0.000000176. The van der Waals surface area contributed by atoms with E-state index in [4.69, 9.17) is 15.2 Å². The minimum Gasteiger partial charge on any atom is -0.481 e. The van der Waals surface area contributed by atoms with Crippen molar-refractivity contribution in [2.75, 3.05) is 55.6 Å². The van der Waals surface area contributed by atoms with Crippen LogP contribution in [0.4, 0.5) is 26.7 Å². The van der Waals surface area contributed by atoms with Crippen molar-refractivity contribution in [2.24, 2.45) is 17.8 Å². The van der Waals surface area contributed by atoms with Gasteiger partial charge in [0, 0.05) is 90.2 Å². The van der Waals surface area contributed by atoms with E-state index in [9.17, 15) is 29.1 Å². The molecule has 0 aromatic heterocycles. The van der Waals surface area contributed by atoms with Crippen LogP contribution in [0.1, 0.15) is 90.8 Å². The summed E-state index contributed by atoms with van der Waals surface area (Å²) in [7, 11) is 0. The normalized spacial score (nSPS) is 18.4. The third-order valence-corrected chi connectivity index (χ3v) is 15.7. The van der Waals surface area contributed by atoms with Crippen molar-refractivity contribution in [1.82, 2.24) is 15.1 Å². The number of benzene rings is 9. The molecule has 0 aliphatic carbocycles. The second-order valence-electron chi connectivity index (χ2n) is 24.2. The number of ether oxygens (including phenoxy) is 2. The predicted molar refractivity (Wildman–Crippen MR) is 361 cm³/mol. The van der Waals surface area contributed by atoms with E-state index in [1.165, 1.54) is 15.8 Å².